The van der Waals surface area contributed by atoms with E-state index in [4.69, 9.17) is 27.7 Å². The quantitative estimate of drug-likeness (QED) is 0.248. The molecule has 11 heavy (non-hydrogen) atoms. The van der Waals surface area contributed by atoms with Gasteiger partial charge in [0.15, 0.2) is 0 Å². The van der Waals surface area contributed by atoms with Gasteiger partial charge in [0, 0.05) is 10.4 Å². The second-order valence-corrected chi connectivity index (χ2v) is 1.67. The molecule has 0 aliphatic carbocycles. The molecule has 0 aromatic rings. The van der Waals surface area contributed by atoms with E-state index in [1.807, 2.05) is 0 Å². The molecule has 0 radical (unpaired) electrons. The van der Waals surface area contributed by atoms with Crippen LogP contribution < -0.4 is 59.1 Å². The molecule has 6 nitrogen and oxygen atoms in total. The minimum atomic E-state index is -5.17. The maximum Gasteiger partial charge on any atom is 1.00 e. The van der Waals surface area contributed by atoms with Crippen LogP contribution in [-0.2, 0) is 10.4 Å². The van der Waals surface area contributed by atoms with Crippen molar-refractivity contribution in [2.45, 2.75) is 0 Å². The monoisotopic (exact) mass is 204 g/mol. The Bertz CT molecular complexity index is 122. The van der Waals surface area contributed by atoms with Gasteiger partial charge in [-0.3, -0.25) is 8.42 Å². The van der Waals surface area contributed by atoms with E-state index >= 15 is 0 Å². The third-order valence-electron chi connectivity index (χ3n) is 0.1000. The summed E-state index contributed by atoms with van der Waals surface area (Å²) >= 11 is 0. The van der Waals surface area contributed by atoms with Crippen LogP contribution in [0.5, 0.6) is 0 Å². The van der Waals surface area contributed by atoms with Crippen LogP contribution in [0.2, 0.25) is 0 Å². The van der Waals surface area contributed by atoms with Crippen LogP contribution in [0.15, 0.2) is 0 Å². The van der Waals surface area contributed by atoms with E-state index in [0.29, 0.717) is 0 Å². The van der Waals surface area contributed by atoms with E-state index in [0.717, 1.165) is 0 Å². The van der Waals surface area contributed by atoms with Gasteiger partial charge in [-0.25, -0.2) is 0 Å². The van der Waals surface area contributed by atoms with E-state index < -0.39 is 10.4 Å². The number of hydrogen-bond donors (Lipinski definition) is 2. The van der Waals surface area contributed by atoms with Gasteiger partial charge in [-0.05, 0) is 0 Å². The summed E-state index contributed by atoms with van der Waals surface area (Å²) in [7, 11) is -5.17. The first-order valence-corrected chi connectivity index (χ1v) is 3.13. The summed E-state index contributed by atoms with van der Waals surface area (Å²) in [5.74, 6) is 0. The summed E-state index contributed by atoms with van der Waals surface area (Å²) in [6.45, 7) is -0.250. The van der Waals surface area contributed by atoms with E-state index in [9.17, 15) is 0 Å². The van der Waals surface area contributed by atoms with Gasteiger partial charge in [-0.15, -0.1) is 0 Å². The molecule has 0 bridgehead atoms. The predicted molar refractivity (Wildman–Crippen MR) is 24.6 cm³/mol. The maximum absolute atomic E-state index is 8.52. The molecule has 0 heterocycles. The zero-order valence-electron chi connectivity index (χ0n) is 6.35. The van der Waals surface area contributed by atoms with Gasteiger partial charge in [0.05, 0.1) is 13.2 Å². The van der Waals surface area contributed by atoms with Crippen molar-refractivity contribution in [3.63, 3.8) is 0 Å². The molecule has 0 aliphatic rings. The molecule has 0 unspecified atom stereocenters. The molecule has 0 aromatic heterocycles. The average Bonchev–Trinajstić information content (AvgIpc) is 1.61. The number of hydrogen-bond acceptors (Lipinski definition) is 6. The molecule has 0 aliphatic heterocycles. The van der Waals surface area contributed by atoms with Crippen LogP contribution in [0.4, 0.5) is 0 Å². The standard InChI is InChI=1S/C2H6O2.2Na.H2O4S/c3-1-2-4;;;1-5(2,3)4/h3-4H,1-2H2;;;(H2,1,2,3,4)/q;2*+1;/p-2. The van der Waals surface area contributed by atoms with E-state index in [1.165, 1.54) is 0 Å². The Morgan fingerprint density at radius 3 is 1.09 bits per heavy atom. The average molecular weight is 204 g/mol. The topological polar surface area (TPSA) is 121 Å². The van der Waals surface area contributed by atoms with Crippen molar-refractivity contribution in [3.8, 4) is 0 Å². The van der Waals surface area contributed by atoms with Gasteiger partial charge in [-0.1, -0.05) is 0 Å². The Kier molecular flexibility index (Phi) is 30.0. The first kappa shape index (κ1) is 23.0. The van der Waals surface area contributed by atoms with Gasteiger partial charge < -0.3 is 19.3 Å². The second-order valence-electron chi connectivity index (χ2n) is 0.855. The Balaban J connectivity index is -0.0000000383. The molecule has 0 fully saturated rings. The van der Waals surface area contributed by atoms with Crippen LogP contribution in [0, 0.1) is 0 Å². The van der Waals surface area contributed by atoms with Crippen molar-refractivity contribution in [1.29, 1.82) is 0 Å². The van der Waals surface area contributed by atoms with Crippen LogP contribution in [0.25, 0.3) is 0 Å². The Hall–Kier alpha value is 1.79. The molecule has 0 amide bonds. The number of aliphatic hydroxyl groups is 2. The molecular weight excluding hydrogens is 198 g/mol. The van der Waals surface area contributed by atoms with E-state index in [-0.39, 0.29) is 72.3 Å². The minimum Gasteiger partial charge on any atom is -0.759 e. The van der Waals surface area contributed by atoms with Crippen molar-refractivity contribution < 1.29 is 86.9 Å². The zero-order chi connectivity index (χ0) is 7.91. The Morgan fingerprint density at radius 2 is 1.09 bits per heavy atom. The summed E-state index contributed by atoms with van der Waals surface area (Å²) in [5.41, 5.74) is 0. The molecule has 58 valence electrons. The van der Waals surface area contributed by atoms with Crippen LogP contribution >= 0.6 is 0 Å². The summed E-state index contributed by atoms with van der Waals surface area (Å²) in [6.07, 6.45) is 0. The molecular formula is C2H6Na2O6S. The van der Waals surface area contributed by atoms with Crippen molar-refractivity contribution in [2.75, 3.05) is 13.2 Å². The van der Waals surface area contributed by atoms with Crippen molar-refractivity contribution in [1.82, 2.24) is 0 Å². The Labute approximate surface area is 109 Å². The van der Waals surface area contributed by atoms with Crippen LogP contribution in [-0.4, -0.2) is 41.0 Å². The van der Waals surface area contributed by atoms with Crippen LogP contribution in [0.1, 0.15) is 0 Å². The van der Waals surface area contributed by atoms with Gasteiger partial charge >= 0.3 is 59.1 Å². The smallest absolute Gasteiger partial charge is 0.759 e. The molecule has 0 atom stereocenters. The minimum absolute atomic E-state index is 0. The Morgan fingerprint density at radius 1 is 1.00 bits per heavy atom. The predicted octanol–water partition coefficient (Wildman–Crippen LogP) is -8.36. The van der Waals surface area contributed by atoms with Crippen molar-refractivity contribution >= 4 is 10.4 Å². The summed E-state index contributed by atoms with van der Waals surface area (Å²) < 4.78 is 34.1. The molecule has 2 N–H and O–H groups in total. The molecule has 0 rings (SSSR count). The van der Waals surface area contributed by atoms with E-state index in [2.05, 4.69) is 0 Å². The normalized spacial score (nSPS) is 8.00. The first-order valence-electron chi connectivity index (χ1n) is 1.80. The van der Waals surface area contributed by atoms with E-state index in [1.54, 1.807) is 0 Å². The molecule has 0 spiro atoms. The molecule has 0 saturated carbocycles. The third-order valence-corrected chi connectivity index (χ3v) is 0.1000. The number of rotatable bonds is 1. The summed E-state index contributed by atoms with van der Waals surface area (Å²) in [6, 6.07) is 0. The second kappa shape index (κ2) is 14.3. The molecule has 0 saturated heterocycles. The fraction of sp³-hybridized carbons (Fsp3) is 1.00. The van der Waals surface area contributed by atoms with Gasteiger partial charge in [0.2, 0.25) is 0 Å². The van der Waals surface area contributed by atoms with Crippen molar-refractivity contribution in [2.24, 2.45) is 0 Å². The fourth-order valence-corrected chi connectivity index (χ4v) is 0. The summed E-state index contributed by atoms with van der Waals surface area (Å²) in [4.78, 5) is 0. The van der Waals surface area contributed by atoms with Crippen LogP contribution in [0.3, 0.4) is 0 Å². The van der Waals surface area contributed by atoms with Crippen molar-refractivity contribution in [3.05, 3.63) is 0 Å². The fourth-order valence-electron chi connectivity index (χ4n) is 0. The van der Waals surface area contributed by atoms with Gasteiger partial charge in [0.25, 0.3) is 0 Å². The molecule has 0 aromatic carbocycles. The third kappa shape index (κ3) is 145. The first-order chi connectivity index (χ1) is 3.91. The number of aliphatic hydroxyl groups excluding tert-OH is 2. The largest absolute Gasteiger partial charge is 1.00 e. The molecule has 9 heteroatoms. The SMILES string of the molecule is O=S(=O)([O-])[O-].OCCO.[Na+].[Na+]. The zero-order valence-corrected chi connectivity index (χ0v) is 11.2. The summed E-state index contributed by atoms with van der Waals surface area (Å²) in [5, 5.41) is 15.2. The van der Waals surface area contributed by atoms with Gasteiger partial charge in [0.1, 0.15) is 0 Å². The van der Waals surface area contributed by atoms with Gasteiger partial charge in [-0.2, -0.15) is 0 Å². The maximum atomic E-state index is 8.52.